The van der Waals surface area contributed by atoms with E-state index in [1.54, 1.807) is 7.05 Å². The van der Waals surface area contributed by atoms with Gasteiger partial charge in [0.1, 0.15) is 5.82 Å². The van der Waals surface area contributed by atoms with E-state index in [0.29, 0.717) is 6.54 Å². The molecule has 0 aliphatic carbocycles. The third-order valence-electron chi connectivity index (χ3n) is 5.50. The Morgan fingerprint density at radius 2 is 1.81 bits per heavy atom. The second kappa shape index (κ2) is 9.67. The minimum Gasteiger partial charge on any atom is -0.349 e. The summed E-state index contributed by atoms with van der Waals surface area (Å²) in [5.74, 6) is 2.89. The van der Waals surface area contributed by atoms with Crippen molar-refractivity contribution < 1.29 is 4.79 Å². The molecular weight excluding hydrogens is 459 g/mol. The maximum Gasteiger partial charge on any atom is 0.240 e. The van der Waals surface area contributed by atoms with E-state index in [0.717, 1.165) is 63.2 Å². The molecule has 1 aromatic rings. The van der Waals surface area contributed by atoms with Gasteiger partial charge in [-0.05, 0) is 33.4 Å². The maximum absolute atomic E-state index is 12.7. The molecule has 2 fully saturated rings. The number of piperazine rings is 1. The smallest absolute Gasteiger partial charge is 0.240 e. The summed E-state index contributed by atoms with van der Waals surface area (Å²) in [4.78, 5) is 23.5. The van der Waals surface area contributed by atoms with Crippen LogP contribution in [0.25, 0.3) is 0 Å². The van der Waals surface area contributed by atoms with Crippen LogP contribution in [0.1, 0.15) is 24.5 Å². The summed E-state index contributed by atoms with van der Waals surface area (Å²) in [6.45, 7) is 6.60. The number of hydrogen-bond donors (Lipinski definition) is 1. The lowest BCUT2D eigenvalue weighted by Gasteiger charge is -2.38. The third-order valence-corrected chi connectivity index (χ3v) is 5.50. The molecule has 2 aliphatic heterocycles. The van der Waals surface area contributed by atoms with Gasteiger partial charge in [-0.1, -0.05) is 0 Å². The fourth-order valence-electron chi connectivity index (χ4n) is 3.67. The molecule has 3 rings (SSSR count). The lowest BCUT2D eigenvalue weighted by molar-refractivity contribution is -0.136. The molecule has 2 aliphatic rings. The predicted molar refractivity (Wildman–Crippen MR) is 115 cm³/mol. The van der Waals surface area contributed by atoms with Gasteiger partial charge in [0.25, 0.3) is 0 Å². The molecule has 3 heterocycles. The molecule has 27 heavy (non-hydrogen) atoms. The number of guanidine groups is 1. The van der Waals surface area contributed by atoms with E-state index >= 15 is 0 Å². The van der Waals surface area contributed by atoms with Crippen molar-refractivity contribution in [2.24, 2.45) is 12.0 Å². The Bertz CT molecular complexity index is 668. The Balaban J connectivity index is 0.00000261. The van der Waals surface area contributed by atoms with Crippen molar-refractivity contribution in [3.63, 3.8) is 0 Å². The number of aromatic nitrogens is 3. The number of likely N-dealkylation sites (tertiary alicyclic amines) is 1. The zero-order valence-corrected chi connectivity index (χ0v) is 19.0. The number of aryl methyl sites for hydroxylation is 1. The summed E-state index contributed by atoms with van der Waals surface area (Å²) >= 11 is 0. The number of amides is 1. The highest BCUT2D eigenvalue weighted by molar-refractivity contribution is 14.0. The number of nitrogens with one attached hydrogen (secondary N) is 1. The highest BCUT2D eigenvalue weighted by Gasteiger charge is 2.33. The average Bonchev–Trinajstić information content (AvgIpc) is 3.22. The van der Waals surface area contributed by atoms with E-state index in [1.165, 1.54) is 0 Å². The van der Waals surface area contributed by atoms with Gasteiger partial charge in [-0.15, -0.1) is 34.2 Å². The summed E-state index contributed by atoms with van der Waals surface area (Å²) in [6, 6.07) is 0.0677. The van der Waals surface area contributed by atoms with Crippen molar-refractivity contribution in [2.45, 2.75) is 32.4 Å². The summed E-state index contributed by atoms with van der Waals surface area (Å²) in [7, 11) is 5.79. The van der Waals surface area contributed by atoms with Crippen LogP contribution in [0.2, 0.25) is 0 Å². The Morgan fingerprint density at radius 1 is 1.15 bits per heavy atom. The molecule has 9 nitrogen and oxygen atoms in total. The molecule has 0 saturated carbocycles. The fourth-order valence-corrected chi connectivity index (χ4v) is 3.67. The van der Waals surface area contributed by atoms with Gasteiger partial charge in [0.05, 0.1) is 12.6 Å². The second-order valence-electron chi connectivity index (χ2n) is 7.07. The number of likely N-dealkylation sites (N-methyl/N-ethyl adjacent to an activating group) is 1. The summed E-state index contributed by atoms with van der Waals surface area (Å²) < 4.78 is 1.97. The first-order valence-corrected chi connectivity index (χ1v) is 9.30. The van der Waals surface area contributed by atoms with Crippen LogP contribution in [0.5, 0.6) is 0 Å². The zero-order valence-electron chi connectivity index (χ0n) is 16.7. The van der Waals surface area contributed by atoms with Crippen LogP contribution in [0.15, 0.2) is 4.99 Å². The SMILES string of the molecule is CN=C(NCc1nnc(C)n1C)N1CCN(C(=O)C2CCCN2C)CC1.I. The topological polar surface area (TPSA) is 81.9 Å². The van der Waals surface area contributed by atoms with E-state index in [1.807, 2.05) is 30.5 Å². The molecule has 1 aromatic heterocycles. The van der Waals surface area contributed by atoms with E-state index < -0.39 is 0 Å². The van der Waals surface area contributed by atoms with E-state index in [4.69, 9.17) is 0 Å². The van der Waals surface area contributed by atoms with Crippen molar-refractivity contribution in [2.75, 3.05) is 46.8 Å². The minimum absolute atomic E-state index is 0. The lowest BCUT2D eigenvalue weighted by Crippen LogP contribution is -2.56. The van der Waals surface area contributed by atoms with Crippen LogP contribution >= 0.6 is 24.0 Å². The summed E-state index contributed by atoms with van der Waals surface area (Å²) in [5, 5.41) is 11.6. The molecule has 1 atom stereocenters. The Labute approximate surface area is 178 Å². The molecule has 1 amide bonds. The fraction of sp³-hybridized carbons (Fsp3) is 0.765. The molecule has 1 N–H and O–H groups in total. The van der Waals surface area contributed by atoms with Crippen LogP contribution in [-0.2, 0) is 18.4 Å². The third kappa shape index (κ3) is 4.89. The standard InChI is InChI=1S/C17H30N8O.HI/c1-13-20-21-15(23(13)4)12-19-17(18-2)25-10-8-24(9-11-25)16(26)14-6-5-7-22(14)3;/h14H,5-12H2,1-4H3,(H,18,19);1H. The van der Waals surface area contributed by atoms with Gasteiger partial charge < -0.3 is 19.7 Å². The van der Waals surface area contributed by atoms with Crippen molar-refractivity contribution in [3.8, 4) is 0 Å². The minimum atomic E-state index is 0. The van der Waals surface area contributed by atoms with Crippen molar-refractivity contribution in [1.29, 1.82) is 0 Å². The monoisotopic (exact) mass is 490 g/mol. The molecule has 0 aromatic carbocycles. The highest BCUT2D eigenvalue weighted by atomic mass is 127. The van der Waals surface area contributed by atoms with E-state index in [9.17, 15) is 4.79 Å². The van der Waals surface area contributed by atoms with Crippen LogP contribution in [-0.4, -0.2) is 94.2 Å². The van der Waals surface area contributed by atoms with Gasteiger partial charge in [0.15, 0.2) is 11.8 Å². The number of carbonyl (C=O) groups is 1. The Morgan fingerprint density at radius 3 is 2.33 bits per heavy atom. The van der Waals surface area contributed by atoms with Crippen LogP contribution in [0, 0.1) is 6.92 Å². The maximum atomic E-state index is 12.7. The predicted octanol–water partition coefficient (Wildman–Crippen LogP) is 0.0553. The summed E-state index contributed by atoms with van der Waals surface area (Å²) in [6.07, 6.45) is 2.10. The van der Waals surface area contributed by atoms with Crippen molar-refractivity contribution in [1.82, 2.24) is 34.8 Å². The van der Waals surface area contributed by atoms with Crippen LogP contribution < -0.4 is 5.32 Å². The van der Waals surface area contributed by atoms with Gasteiger partial charge in [-0.2, -0.15) is 0 Å². The van der Waals surface area contributed by atoms with Crippen LogP contribution in [0.4, 0.5) is 0 Å². The Hall–Kier alpha value is -1.43. The molecule has 0 spiro atoms. The number of carbonyl (C=O) groups excluding carboxylic acids is 1. The molecule has 2 saturated heterocycles. The lowest BCUT2D eigenvalue weighted by atomic mass is 10.2. The molecule has 10 heteroatoms. The largest absolute Gasteiger partial charge is 0.349 e. The van der Waals surface area contributed by atoms with Gasteiger partial charge in [0.2, 0.25) is 5.91 Å². The van der Waals surface area contributed by atoms with Gasteiger partial charge in [-0.25, -0.2) is 0 Å². The molecule has 152 valence electrons. The van der Waals surface area contributed by atoms with Crippen LogP contribution in [0.3, 0.4) is 0 Å². The zero-order chi connectivity index (χ0) is 18.7. The molecule has 0 bridgehead atoms. The number of halogens is 1. The number of hydrogen-bond acceptors (Lipinski definition) is 5. The average molecular weight is 490 g/mol. The van der Waals surface area contributed by atoms with Crippen molar-refractivity contribution in [3.05, 3.63) is 11.6 Å². The first-order valence-electron chi connectivity index (χ1n) is 9.30. The van der Waals surface area contributed by atoms with Gasteiger partial charge >= 0.3 is 0 Å². The van der Waals surface area contributed by atoms with Gasteiger partial charge in [0, 0.05) is 40.3 Å². The molecular formula is C17H31IN8O. The van der Waals surface area contributed by atoms with Crippen molar-refractivity contribution >= 4 is 35.8 Å². The number of aliphatic imine (C=N–C) groups is 1. The first-order chi connectivity index (χ1) is 12.5. The number of nitrogens with zero attached hydrogens (tertiary/aromatic N) is 7. The quantitative estimate of drug-likeness (QED) is 0.367. The van der Waals surface area contributed by atoms with Gasteiger partial charge in [-0.3, -0.25) is 14.7 Å². The summed E-state index contributed by atoms with van der Waals surface area (Å²) in [5.41, 5.74) is 0. The highest BCUT2D eigenvalue weighted by Crippen LogP contribution is 2.18. The second-order valence-corrected chi connectivity index (χ2v) is 7.07. The Kier molecular flexibility index (Phi) is 7.83. The molecule has 0 radical (unpaired) electrons. The first kappa shape index (κ1) is 21.9. The number of rotatable bonds is 3. The normalized spacial score (nSPS) is 21.3. The molecule has 1 unspecified atom stereocenters. The van der Waals surface area contributed by atoms with E-state index in [2.05, 4.69) is 30.3 Å². The van der Waals surface area contributed by atoms with E-state index in [-0.39, 0.29) is 35.9 Å².